The van der Waals surface area contributed by atoms with Crippen molar-refractivity contribution in [3.05, 3.63) is 60.2 Å². The highest BCUT2D eigenvalue weighted by molar-refractivity contribution is 5.86. The number of benzene rings is 2. The van der Waals surface area contributed by atoms with E-state index in [1.807, 2.05) is 43.9 Å². The van der Waals surface area contributed by atoms with Crippen LogP contribution in [-0.4, -0.2) is 35.1 Å². The molecular formula is C24H30N2O3. The van der Waals surface area contributed by atoms with Gasteiger partial charge in [0, 0.05) is 13.1 Å². The molecule has 154 valence electrons. The van der Waals surface area contributed by atoms with Crippen LogP contribution >= 0.6 is 0 Å². The summed E-state index contributed by atoms with van der Waals surface area (Å²) >= 11 is 0. The minimum Gasteiger partial charge on any atom is -0.444 e. The zero-order chi connectivity index (χ0) is 20.9. The Morgan fingerprint density at radius 3 is 2.34 bits per heavy atom. The maximum Gasteiger partial charge on any atom is 0.408 e. The SMILES string of the molecule is CC(C)(C)OC(=O)N[C@H]1CCCCN(Cc2ccc(-c3ccccc3)cc2)C1=O. The third-order valence-corrected chi connectivity index (χ3v) is 4.91. The summed E-state index contributed by atoms with van der Waals surface area (Å²) in [5.41, 5.74) is 2.82. The Balaban J connectivity index is 1.65. The second-order valence-electron chi connectivity index (χ2n) is 8.52. The van der Waals surface area contributed by atoms with Gasteiger partial charge >= 0.3 is 6.09 Å². The van der Waals surface area contributed by atoms with Gasteiger partial charge in [0.25, 0.3) is 0 Å². The Morgan fingerprint density at radius 1 is 1.03 bits per heavy atom. The molecule has 2 aromatic rings. The number of hydrogen-bond acceptors (Lipinski definition) is 3. The first kappa shape index (κ1) is 20.9. The topological polar surface area (TPSA) is 58.6 Å². The van der Waals surface area contributed by atoms with Crippen molar-refractivity contribution in [2.75, 3.05) is 6.54 Å². The van der Waals surface area contributed by atoms with Crippen molar-refractivity contribution in [3.63, 3.8) is 0 Å². The maximum atomic E-state index is 13.0. The first-order valence-corrected chi connectivity index (χ1v) is 10.2. The minimum absolute atomic E-state index is 0.0412. The molecule has 1 saturated heterocycles. The molecule has 5 heteroatoms. The molecule has 0 spiro atoms. The smallest absolute Gasteiger partial charge is 0.408 e. The summed E-state index contributed by atoms with van der Waals surface area (Å²) in [7, 11) is 0. The number of rotatable bonds is 4. The van der Waals surface area contributed by atoms with Crippen molar-refractivity contribution >= 4 is 12.0 Å². The molecule has 0 saturated carbocycles. The Bertz CT molecular complexity index is 825. The molecule has 1 aliphatic rings. The first-order valence-electron chi connectivity index (χ1n) is 10.2. The van der Waals surface area contributed by atoms with Gasteiger partial charge in [0.15, 0.2) is 0 Å². The van der Waals surface area contributed by atoms with E-state index in [0.29, 0.717) is 19.5 Å². The van der Waals surface area contributed by atoms with E-state index in [9.17, 15) is 9.59 Å². The van der Waals surface area contributed by atoms with Crippen LogP contribution in [0.25, 0.3) is 11.1 Å². The standard InChI is InChI=1S/C24H30N2O3/c1-24(2,3)29-23(28)25-21-11-7-8-16-26(22(21)27)17-18-12-14-20(15-13-18)19-9-5-4-6-10-19/h4-6,9-10,12-15,21H,7-8,11,16-17H2,1-3H3,(H,25,28)/t21-/m0/s1. The van der Waals surface area contributed by atoms with Crippen LogP contribution in [0.15, 0.2) is 54.6 Å². The summed E-state index contributed by atoms with van der Waals surface area (Å²) < 4.78 is 5.32. The van der Waals surface area contributed by atoms with Crippen LogP contribution in [0.4, 0.5) is 4.79 Å². The molecule has 1 N–H and O–H groups in total. The highest BCUT2D eigenvalue weighted by atomic mass is 16.6. The number of carbonyl (C=O) groups excluding carboxylic acids is 2. The Kier molecular flexibility index (Phi) is 6.57. The van der Waals surface area contributed by atoms with Crippen LogP contribution in [0.1, 0.15) is 45.6 Å². The van der Waals surface area contributed by atoms with Gasteiger partial charge in [-0.1, -0.05) is 54.6 Å². The fourth-order valence-corrected chi connectivity index (χ4v) is 3.50. The molecule has 1 fully saturated rings. The molecule has 1 heterocycles. The molecule has 1 aliphatic heterocycles. The average Bonchev–Trinajstić information content (AvgIpc) is 2.84. The van der Waals surface area contributed by atoms with Crippen LogP contribution in [-0.2, 0) is 16.1 Å². The summed E-state index contributed by atoms with van der Waals surface area (Å²) in [5.74, 6) is -0.0412. The molecule has 0 aromatic heterocycles. The fourth-order valence-electron chi connectivity index (χ4n) is 3.50. The number of nitrogens with zero attached hydrogens (tertiary/aromatic N) is 1. The van der Waals surface area contributed by atoms with E-state index in [4.69, 9.17) is 4.74 Å². The van der Waals surface area contributed by atoms with E-state index < -0.39 is 17.7 Å². The minimum atomic E-state index is -0.585. The van der Waals surface area contributed by atoms with Gasteiger partial charge in [-0.25, -0.2) is 4.79 Å². The van der Waals surface area contributed by atoms with E-state index in [1.54, 1.807) is 0 Å². The Labute approximate surface area is 173 Å². The highest BCUT2D eigenvalue weighted by Crippen LogP contribution is 2.21. The third kappa shape index (κ3) is 6.08. The van der Waals surface area contributed by atoms with E-state index >= 15 is 0 Å². The predicted molar refractivity (Wildman–Crippen MR) is 114 cm³/mol. The van der Waals surface area contributed by atoms with Crippen molar-refractivity contribution in [2.24, 2.45) is 0 Å². The molecule has 29 heavy (non-hydrogen) atoms. The van der Waals surface area contributed by atoms with Gasteiger partial charge < -0.3 is 15.0 Å². The van der Waals surface area contributed by atoms with E-state index in [2.05, 4.69) is 41.7 Å². The van der Waals surface area contributed by atoms with Crippen molar-refractivity contribution in [1.29, 1.82) is 0 Å². The zero-order valence-corrected chi connectivity index (χ0v) is 17.5. The first-order chi connectivity index (χ1) is 13.8. The van der Waals surface area contributed by atoms with Gasteiger partial charge in [-0.05, 0) is 56.7 Å². The summed E-state index contributed by atoms with van der Waals surface area (Å²) in [4.78, 5) is 27.0. The van der Waals surface area contributed by atoms with Crippen LogP contribution in [0.3, 0.4) is 0 Å². The fraction of sp³-hybridized carbons (Fsp3) is 0.417. The van der Waals surface area contributed by atoms with Crippen LogP contribution in [0.5, 0.6) is 0 Å². The maximum absolute atomic E-state index is 13.0. The van der Waals surface area contributed by atoms with E-state index in [1.165, 1.54) is 5.56 Å². The molecule has 0 aliphatic carbocycles. The van der Waals surface area contributed by atoms with E-state index in [0.717, 1.165) is 24.0 Å². The molecule has 2 aromatic carbocycles. The number of nitrogens with one attached hydrogen (secondary N) is 1. The van der Waals surface area contributed by atoms with Gasteiger partial charge in [-0.2, -0.15) is 0 Å². The summed E-state index contributed by atoms with van der Waals surface area (Å²) in [6.07, 6.45) is 1.93. The van der Waals surface area contributed by atoms with Crippen molar-refractivity contribution in [3.8, 4) is 11.1 Å². The average molecular weight is 395 g/mol. The number of amides is 2. The third-order valence-electron chi connectivity index (χ3n) is 4.91. The Morgan fingerprint density at radius 2 is 1.69 bits per heavy atom. The lowest BCUT2D eigenvalue weighted by atomic mass is 10.0. The van der Waals surface area contributed by atoms with Crippen LogP contribution < -0.4 is 5.32 Å². The normalized spacial score (nSPS) is 17.6. The second-order valence-corrected chi connectivity index (χ2v) is 8.52. The van der Waals surface area contributed by atoms with Gasteiger partial charge in [0.1, 0.15) is 11.6 Å². The number of likely N-dealkylation sites (tertiary alicyclic amines) is 1. The lowest BCUT2D eigenvalue weighted by molar-refractivity contribution is -0.133. The number of carbonyl (C=O) groups is 2. The second kappa shape index (κ2) is 9.12. The molecule has 0 bridgehead atoms. The molecule has 3 rings (SSSR count). The zero-order valence-electron chi connectivity index (χ0n) is 17.5. The van der Waals surface area contributed by atoms with Crippen LogP contribution in [0, 0.1) is 0 Å². The van der Waals surface area contributed by atoms with Gasteiger partial charge in [0.05, 0.1) is 0 Å². The molecule has 0 unspecified atom stereocenters. The predicted octanol–water partition coefficient (Wildman–Crippen LogP) is 4.76. The van der Waals surface area contributed by atoms with Gasteiger partial charge in [-0.15, -0.1) is 0 Å². The van der Waals surface area contributed by atoms with Crippen molar-refractivity contribution in [1.82, 2.24) is 10.2 Å². The van der Waals surface area contributed by atoms with Gasteiger partial charge in [-0.3, -0.25) is 4.79 Å². The summed E-state index contributed by atoms with van der Waals surface area (Å²) in [6, 6.07) is 18.0. The molecular weight excluding hydrogens is 364 g/mol. The number of alkyl carbamates (subject to hydrolysis) is 1. The quantitative estimate of drug-likeness (QED) is 0.813. The highest BCUT2D eigenvalue weighted by Gasteiger charge is 2.29. The lowest BCUT2D eigenvalue weighted by Crippen LogP contribution is -2.48. The van der Waals surface area contributed by atoms with Crippen molar-refractivity contribution < 1.29 is 14.3 Å². The lowest BCUT2D eigenvalue weighted by Gasteiger charge is -2.26. The summed E-state index contributed by atoms with van der Waals surface area (Å²) in [5, 5.41) is 2.76. The number of hydrogen-bond donors (Lipinski definition) is 1. The monoisotopic (exact) mass is 394 g/mol. The summed E-state index contributed by atoms with van der Waals surface area (Å²) in [6.45, 7) is 6.68. The number of ether oxygens (including phenoxy) is 1. The Hall–Kier alpha value is -2.82. The largest absolute Gasteiger partial charge is 0.444 e. The molecule has 1 atom stereocenters. The van der Waals surface area contributed by atoms with Crippen molar-refractivity contribution in [2.45, 2.75) is 58.2 Å². The van der Waals surface area contributed by atoms with Gasteiger partial charge in [0.2, 0.25) is 5.91 Å². The molecule has 5 nitrogen and oxygen atoms in total. The molecule has 2 amide bonds. The molecule has 0 radical (unpaired) electrons. The van der Waals surface area contributed by atoms with E-state index in [-0.39, 0.29) is 5.91 Å². The van der Waals surface area contributed by atoms with Crippen LogP contribution in [0.2, 0.25) is 0 Å².